The van der Waals surface area contributed by atoms with Gasteiger partial charge in [-0.15, -0.1) is 11.3 Å². The lowest BCUT2D eigenvalue weighted by Gasteiger charge is -1.95. The molecule has 0 saturated heterocycles. The largest absolute Gasteiger partial charge is 0.361 e. The minimum atomic E-state index is 0.249. The average molecular weight is 269 g/mol. The van der Waals surface area contributed by atoms with Crippen molar-refractivity contribution >= 4 is 28.0 Å². The van der Waals surface area contributed by atoms with E-state index in [-0.39, 0.29) is 5.78 Å². The summed E-state index contributed by atoms with van der Waals surface area (Å²) in [6.07, 6.45) is 3.55. The zero-order valence-electron chi connectivity index (χ0n) is 10.8. The number of hydrogen-bond acceptors (Lipinski definition) is 2. The number of carbonyl (C=O) groups is 1. The number of rotatable bonds is 4. The van der Waals surface area contributed by atoms with Crippen LogP contribution < -0.4 is 0 Å². The Bertz CT molecular complexity index is 723. The van der Waals surface area contributed by atoms with E-state index in [1.54, 1.807) is 11.3 Å². The predicted octanol–water partition coefficient (Wildman–Crippen LogP) is 4.88. The first kappa shape index (κ1) is 12.2. The van der Waals surface area contributed by atoms with Crippen LogP contribution in [0.4, 0.5) is 0 Å². The number of ketones is 1. The SMILES string of the molecule is CCCC(=O)c1cc(-c2c[nH]c3ccccc23)cs1. The molecule has 96 valence electrons. The van der Waals surface area contributed by atoms with Crippen LogP contribution in [0.2, 0.25) is 0 Å². The maximum absolute atomic E-state index is 11.9. The molecule has 0 saturated carbocycles. The fourth-order valence-electron chi connectivity index (χ4n) is 2.28. The zero-order valence-corrected chi connectivity index (χ0v) is 11.6. The van der Waals surface area contributed by atoms with Crippen molar-refractivity contribution in [3.8, 4) is 11.1 Å². The van der Waals surface area contributed by atoms with Gasteiger partial charge in [-0.1, -0.05) is 25.1 Å². The lowest BCUT2D eigenvalue weighted by Crippen LogP contribution is -1.93. The molecule has 2 heterocycles. The van der Waals surface area contributed by atoms with Gasteiger partial charge in [-0.05, 0) is 29.5 Å². The van der Waals surface area contributed by atoms with Gasteiger partial charge in [0.1, 0.15) is 0 Å². The Morgan fingerprint density at radius 1 is 1.32 bits per heavy atom. The first-order valence-corrected chi connectivity index (χ1v) is 7.35. The highest BCUT2D eigenvalue weighted by Crippen LogP contribution is 2.32. The molecule has 3 heteroatoms. The van der Waals surface area contributed by atoms with Gasteiger partial charge in [0, 0.05) is 29.1 Å². The third-order valence-corrected chi connectivity index (χ3v) is 4.22. The summed E-state index contributed by atoms with van der Waals surface area (Å²) in [5.74, 6) is 0.249. The number of Topliss-reactive ketones (excluding diaryl/α,β-unsaturated/α-hetero) is 1. The van der Waals surface area contributed by atoms with Gasteiger partial charge in [0.05, 0.1) is 4.88 Å². The number of benzene rings is 1. The monoisotopic (exact) mass is 269 g/mol. The zero-order chi connectivity index (χ0) is 13.2. The van der Waals surface area contributed by atoms with Gasteiger partial charge in [0.15, 0.2) is 5.78 Å². The highest BCUT2D eigenvalue weighted by Gasteiger charge is 2.11. The highest BCUT2D eigenvalue weighted by atomic mass is 32.1. The molecule has 3 rings (SSSR count). The highest BCUT2D eigenvalue weighted by molar-refractivity contribution is 7.12. The molecule has 0 aliphatic carbocycles. The van der Waals surface area contributed by atoms with Crippen molar-refractivity contribution in [3.05, 3.63) is 46.8 Å². The summed E-state index contributed by atoms with van der Waals surface area (Å²) in [4.78, 5) is 16.0. The molecule has 19 heavy (non-hydrogen) atoms. The molecule has 0 bridgehead atoms. The van der Waals surface area contributed by atoms with E-state index in [9.17, 15) is 4.79 Å². The van der Waals surface area contributed by atoms with E-state index in [0.717, 1.165) is 22.4 Å². The average Bonchev–Trinajstić information content (AvgIpc) is 3.05. The maximum atomic E-state index is 11.9. The fraction of sp³-hybridized carbons (Fsp3) is 0.188. The molecule has 3 aromatic rings. The van der Waals surface area contributed by atoms with Crippen LogP contribution in [-0.4, -0.2) is 10.8 Å². The Hall–Kier alpha value is -1.87. The summed E-state index contributed by atoms with van der Waals surface area (Å²) in [5, 5.41) is 3.27. The second kappa shape index (κ2) is 5.02. The topological polar surface area (TPSA) is 32.9 Å². The number of aromatic amines is 1. The van der Waals surface area contributed by atoms with Crippen molar-refractivity contribution in [3.63, 3.8) is 0 Å². The Morgan fingerprint density at radius 2 is 2.16 bits per heavy atom. The quantitative estimate of drug-likeness (QED) is 0.673. The van der Waals surface area contributed by atoms with Crippen LogP contribution in [0.15, 0.2) is 41.9 Å². The van der Waals surface area contributed by atoms with Gasteiger partial charge >= 0.3 is 0 Å². The van der Waals surface area contributed by atoms with Gasteiger partial charge in [0.2, 0.25) is 0 Å². The van der Waals surface area contributed by atoms with E-state index in [1.165, 1.54) is 10.9 Å². The summed E-state index contributed by atoms with van der Waals surface area (Å²) in [7, 11) is 0. The molecule has 0 fully saturated rings. The van der Waals surface area contributed by atoms with Gasteiger partial charge in [-0.2, -0.15) is 0 Å². The van der Waals surface area contributed by atoms with Crippen molar-refractivity contribution in [2.45, 2.75) is 19.8 Å². The predicted molar refractivity (Wildman–Crippen MR) is 80.9 cm³/mol. The second-order valence-electron chi connectivity index (χ2n) is 4.62. The smallest absolute Gasteiger partial charge is 0.172 e. The van der Waals surface area contributed by atoms with Crippen LogP contribution >= 0.6 is 11.3 Å². The Labute approximate surface area is 116 Å². The van der Waals surface area contributed by atoms with E-state index in [0.29, 0.717) is 6.42 Å². The number of nitrogens with one attached hydrogen (secondary N) is 1. The van der Waals surface area contributed by atoms with Gasteiger partial charge in [-0.25, -0.2) is 0 Å². The molecule has 0 unspecified atom stereocenters. The van der Waals surface area contributed by atoms with Crippen molar-refractivity contribution in [1.82, 2.24) is 4.98 Å². The minimum absolute atomic E-state index is 0.249. The van der Waals surface area contributed by atoms with Crippen LogP contribution in [0.1, 0.15) is 29.4 Å². The lowest BCUT2D eigenvalue weighted by molar-refractivity contribution is 0.0985. The van der Waals surface area contributed by atoms with E-state index >= 15 is 0 Å². The van der Waals surface area contributed by atoms with Crippen LogP contribution in [0.25, 0.3) is 22.0 Å². The van der Waals surface area contributed by atoms with Crippen LogP contribution in [-0.2, 0) is 0 Å². The first-order chi connectivity index (χ1) is 9.29. The number of para-hydroxylation sites is 1. The molecule has 0 radical (unpaired) electrons. The molecule has 1 N–H and O–H groups in total. The number of thiophene rings is 1. The number of hydrogen-bond donors (Lipinski definition) is 1. The molecule has 0 spiro atoms. The Balaban J connectivity index is 2.01. The number of carbonyl (C=O) groups excluding carboxylic acids is 1. The van der Waals surface area contributed by atoms with Gasteiger partial charge in [-0.3, -0.25) is 4.79 Å². The van der Waals surface area contributed by atoms with Crippen molar-refractivity contribution < 1.29 is 4.79 Å². The number of H-pyrrole nitrogens is 1. The maximum Gasteiger partial charge on any atom is 0.172 e. The van der Waals surface area contributed by atoms with E-state index < -0.39 is 0 Å². The van der Waals surface area contributed by atoms with Crippen LogP contribution in [0.3, 0.4) is 0 Å². The molecule has 1 aromatic carbocycles. The van der Waals surface area contributed by atoms with Gasteiger partial charge < -0.3 is 4.98 Å². The van der Waals surface area contributed by atoms with Gasteiger partial charge in [0.25, 0.3) is 0 Å². The molecule has 2 aromatic heterocycles. The summed E-state index contributed by atoms with van der Waals surface area (Å²) in [6.45, 7) is 2.03. The summed E-state index contributed by atoms with van der Waals surface area (Å²) in [5.41, 5.74) is 3.43. The Kier molecular flexibility index (Phi) is 3.22. The van der Waals surface area contributed by atoms with Crippen LogP contribution in [0.5, 0.6) is 0 Å². The minimum Gasteiger partial charge on any atom is -0.361 e. The molecule has 0 amide bonds. The molecular formula is C16H15NOS. The third kappa shape index (κ3) is 2.22. The van der Waals surface area contributed by atoms with E-state index in [4.69, 9.17) is 0 Å². The normalized spacial score (nSPS) is 11.0. The Morgan fingerprint density at radius 3 is 3.00 bits per heavy atom. The molecule has 0 atom stereocenters. The molecular weight excluding hydrogens is 254 g/mol. The molecule has 2 nitrogen and oxygen atoms in total. The standard InChI is InChI=1S/C16H15NOS/c1-2-5-15(18)16-8-11(10-19-16)13-9-17-14-7-4-3-6-12(13)14/h3-4,6-10,17H,2,5H2,1H3. The third-order valence-electron chi connectivity index (χ3n) is 3.25. The second-order valence-corrected chi connectivity index (χ2v) is 5.53. The first-order valence-electron chi connectivity index (χ1n) is 6.48. The molecule has 0 aliphatic heterocycles. The summed E-state index contributed by atoms with van der Waals surface area (Å²) < 4.78 is 0. The molecule has 0 aliphatic rings. The number of fused-ring (bicyclic) bond motifs is 1. The summed E-state index contributed by atoms with van der Waals surface area (Å²) in [6, 6.07) is 10.2. The van der Waals surface area contributed by atoms with Crippen LogP contribution in [0, 0.1) is 0 Å². The lowest BCUT2D eigenvalue weighted by atomic mass is 10.1. The summed E-state index contributed by atoms with van der Waals surface area (Å²) >= 11 is 1.54. The van der Waals surface area contributed by atoms with Crippen molar-refractivity contribution in [2.24, 2.45) is 0 Å². The number of aromatic nitrogens is 1. The van der Waals surface area contributed by atoms with E-state index in [2.05, 4.69) is 22.5 Å². The fourth-order valence-corrected chi connectivity index (χ4v) is 3.16. The van der Waals surface area contributed by atoms with Crippen molar-refractivity contribution in [1.29, 1.82) is 0 Å². The van der Waals surface area contributed by atoms with Crippen molar-refractivity contribution in [2.75, 3.05) is 0 Å². The van der Waals surface area contributed by atoms with E-state index in [1.807, 2.05) is 31.3 Å².